The first kappa shape index (κ1) is 17.0. The Morgan fingerprint density at radius 1 is 1.25 bits per heavy atom. The Hall–Kier alpha value is -3.13. The van der Waals surface area contributed by atoms with Crippen molar-refractivity contribution in [2.45, 2.75) is 18.9 Å². The summed E-state index contributed by atoms with van der Waals surface area (Å²) in [6.45, 7) is 0. The molecule has 0 radical (unpaired) electrons. The van der Waals surface area contributed by atoms with Gasteiger partial charge in [-0.05, 0) is 48.1 Å². The van der Waals surface area contributed by atoms with Crippen LogP contribution < -0.4 is 15.7 Å². The Morgan fingerprint density at radius 3 is 2.61 bits per heavy atom. The van der Waals surface area contributed by atoms with Crippen LogP contribution in [0.2, 0.25) is 0 Å². The first-order valence-electron chi connectivity index (χ1n) is 8.76. The molecule has 0 saturated heterocycles. The number of hydrogen-bond acceptors (Lipinski definition) is 5. The van der Waals surface area contributed by atoms with Crippen LogP contribution in [0.25, 0.3) is 32.2 Å². The molecule has 8 heteroatoms. The van der Waals surface area contributed by atoms with Gasteiger partial charge in [0.25, 0.3) is 5.56 Å². The number of nitrogens with one attached hydrogen (secondary N) is 1. The van der Waals surface area contributed by atoms with Crippen molar-refractivity contribution in [3.8, 4) is 22.6 Å². The van der Waals surface area contributed by atoms with Gasteiger partial charge in [0.15, 0.2) is 5.75 Å². The van der Waals surface area contributed by atoms with Gasteiger partial charge in [0.2, 0.25) is 5.43 Å². The van der Waals surface area contributed by atoms with Crippen molar-refractivity contribution in [2.24, 2.45) is 0 Å². The number of rotatable bonds is 3. The number of hydrogen-bond donors (Lipinski definition) is 2. The predicted octanol–water partition coefficient (Wildman–Crippen LogP) is 3.76. The van der Waals surface area contributed by atoms with Gasteiger partial charge in [-0.3, -0.25) is 14.0 Å². The summed E-state index contributed by atoms with van der Waals surface area (Å²) >= 11 is 1.11. The van der Waals surface area contributed by atoms with E-state index in [4.69, 9.17) is 4.74 Å². The molecular formula is C20H15FN2O4S. The van der Waals surface area contributed by atoms with Crippen molar-refractivity contribution >= 4 is 32.7 Å². The molecule has 2 aromatic heterocycles. The number of fused-ring (bicyclic) bond motifs is 2. The zero-order valence-corrected chi connectivity index (χ0v) is 15.6. The van der Waals surface area contributed by atoms with Gasteiger partial charge < -0.3 is 14.4 Å². The number of nitrogens with zero attached hydrogens (tertiary/aromatic N) is 1. The van der Waals surface area contributed by atoms with Gasteiger partial charge in [-0.25, -0.2) is 4.39 Å². The quantitative estimate of drug-likeness (QED) is 0.550. The Morgan fingerprint density at radius 2 is 1.96 bits per heavy atom. The van der Waals surface area contributed by atoms with Gasteiger partial charge in [0.05, 0.1) is 23.6 Å². The number of aromatic hydroxyl groups is 1. The summed E-state index contributed by atoms with van der Waals surface area (Å²) in [5.41, 5.74) is 0.265. The van der Waals surface area contributed by atoms with E-state index in [0.717, 1.165) is 24.4 Å². The van der Waals surface area contributed by atoms with Crippen molar-refractivity contribution in [3.63, 3.8) is 0 Å². The van der Waals surface area contributed by atoms with Crippen LogP contribution in [0.5, 0.6) is 11.5 Å². The summed E-state index contributed by atoms with van der Waals surface area (Å²) in [5.74, 6) is -0.314. The molecule has 1 saturated carbocycles. The summed E-state index contributed by atoms with van der Waals surface area (Å²) in [7, 11) is 1.43. The number of aromatic nitrogens is 2. The number of benzene rings is 2. The maximum atomic E-state index is 15.1. The molecule has 0 aliphatic heterocycles. The Kier molecular flexibility index (Phi) is 3.60. The third-order valence-electron chi connectivity index (χ3n) is 5.09. The SMILES string of the molecule is COc1c(-c2ccc(O)cc2)c(F)cc2c(=O)c3c(=O)[nH]sc3n(C3CC3)c12. The van der Waals surface area contributed by atoms with Crippen LogP contribution in [0.1, 0.15) is 18.9 Å². The van der Waals surface area contributed by atoms with E-state index in [1.165, 1.54) is 25.3 Å². The molecule has 2 aromatic carbocycles. The van der Waals surface area contributed by atoms with Crippen LogP contribution in [0.4, 0.5) is 4.39 Å². The van der Waals surface area contributed by atoms with Crippen molar-refractivity contribution in [3.05, 3.63) is 56.7 Å². The number of H-pyrrole nitrogens is 1. The predicted molar refractivity (Wildman–Crippen MR) is 106 cm³/mol. The summed E-state index contributed by atoms with van der Waals surface area (Å²) in [6, 6.07) is 7.42. The summed E-state index contributed by atoms with van der Waals surface area (Å²) in [6.07, 6.45) is 1.82. The highest BCUT2D eigenvalue weighted by Crippen LogP contribution is 2.45. The van der Waals surface area contributed by atoms with E-state index < -0.39 is 16.8 Å². The van der Waals surface area contributed by atoms with E-state index in [-0.39, 0.29) is 33.9 Å². The Balaban J connectivity index is 2.00. The lowest BCUT2D eigenvalue weighted by Gasteiger charge is -2.18. The number of halogens is 1. The fourth-order valence-electron chi connectivity index (χ4n) is 3.71. The minimum atomic E-state index is -0.625. The molecule has 1 fully saturated rings. The van der Waals surface area contributed by atoms with E-state index in [9.17, 15) is 14.7 Å². The summed E-state index contributed by atoms with van der Waals surface area (Å²) in [5, 5.41) is 9.73. The van der Waals surface area contributed by atoms with Crippen LogP contribution in [-0.4, -0.2) is 21.2 Å². The second-order valence-corrected chi connectivity index (χ2v) is 7.65. The fourth-order valence-corrected chi connectivity index (χ4v) is 4.62. The van der Waals surface area contributed by atoms with E-state index in [1.54, 1.807) is 12.1 Å². The molecule has 6 nitrogen and oxygen atoms in total. The molecule has 0 spiro atoms. The molecule has 0 amide bonds. The zero-order chi connectivity index (χ0) is 19.6. The van der Waals surface area contributed by atoms with E-state index >= 15 is 4.39 Å². The Bertz CT molecular complexity index is 1360. The van der Waals surface area contributed by atoms with Gasteiger partial charge in [-0.2, -0.15) is 0 Å². The van der Waals surface area contributed by atoms with Gasteiger partial charge in [-0.15, -0.1) is 0 Å². The largest absolute Gasteiger partial charge is 0.508 e. The van der Waals surface area contributed by atoms with Crippen molar-refractivity contribution in [1.82, 2.24) is 8.94 Å². The Labute approximate surface area is 161 Å². The minimum absolute atomic E-state index is 0.0586. The average Bonchev–Trinajstić information content (AvgIpc) is 3.44. The maximum Gasteiger partial charge on any atom is 0.271 e. The molecule has 0 unspecified atom stereocenters. The van der Waals surface area contributed by atoms with Crippen LogP contribution in [0.3, 0.4) is 0 Å². The highest BCUT2D eigenvalue weighted by molar-refractivity contribution is 7.12. The van der Waals surface area contributed by atoms with E-state index in [1.807, 2.05) is 4.57 Å². The van der Waals surface area contributed by atoms with Crippen LogP contribution >= 0.6 is 11.5 Å². The van der Waals surface area contributed by atoms with E-state index in [2.05, 4.69) is 4.37 Å². The molecule has 142 valence electrons. The second kappa shape index (κ2) is 5.93. The minimum Gasteiger partial charge on any atom is -0.508 e. The summed E-state index contributed by atoms with van der Waals surface area (Å²) in [4.78, 5) is 25.7. The zero-order valence-electron chi connectivity index (χ0n) is 14.8. The molecule has 2 N–H and O–H groups in total. The third-order valence-corrected chi connectivity index (χ3v) is 5.97. The molecule has 1 aliphatic carbocycles. The number of pyridine rings is 1. The van der Waals surface area contributed by atoms with Gasteiger partial charge >= 0.3 is 0 Å². The topological polar surface area (TPSA) is 84.3 Å². The number of phenols is 1. The monoisotopic (exact) mass is 398 g/mol. The second-order valence-electron chi connectivity index (χ2n) is 6.85. The molecule has 0 atom stereocenters. The lowest BCUT2D eigenvalue weighted by Crippen LogP contribution is -2.16. The van der Waals surface area contributed by atoms with Gasteiger partial charge in [0, 0.05) is 6.04 Å². The first-order chi connectivity index (χ1) is 13.5. The maximum absolute atomic E-state index is 15.1. The van der Waals surface area contributed by atoms with Gasteiger partial charge in [-0.1, -0.05) is 12.1 Å². The molecular weight excluding hydrogens is 383 g/mol. The lowest BCUT2D eigenvalue weighted by molar-refractivity contribution is 0.416. The molecule has 2 heterocycles. The molecule has 0 bridgehead atoms. The first-order valence-corrected chi connectivity index (χ1v) is 9.58. The van der Waals surface area contributed by atoms with Crippen LogP contribution in [0.15, 0.2) is 39.9 Å². The summed E-state index contributed by atoms with van der Waals surface area (Å²) < 4.78 is 25.3. The number of aromatic amines is 1. The number of methoxy groups -OCH3 is 1. The number of phenolic OH excluding ortho intramolecular Hbond substituents is 1. The average molecular weight is 398 g/mol. The van der Waals surface area contributed by atoms with Crippen molar-refractivity contribution in [1.29, 1.82) is 0 Å². The number of ether oxygens (including phenoxy) is 1. The third kappa shape index (κ3) is 2.31. The highest BCUT2D eigenvalue weighted by atomic mass is 32.1. The van der Waals surface area contributed by atoms with Crippen LogP contribution in [-0.2, 0) is 0 Å². The van der Waals surface area contributed by atoms with Gasteiger partial charge in [0.1, 0.15) is 21.8 Å². The molecule has 5 rings (SSSR count). The molecule has 4 aromatic rings. The highest BCUT2D eigenvalue weighted by Gasteiger charge is 2.31. The standard InChI is InChI=1S/C20H15FN2O4S/c1-27-18-14(9-2-6-11(24)7-3-9)13(21)8-12-16(18)23(10-4-5-10)20-15(17(12)25)19(26)22-28-20/h2-3,6-8,10,24H,4-5H2,1H3,(H,22,26). The lowest BCUT2D eigenvalue weighted by atomic mass is 10.00. The molecule has 1 aliphatic rings. The van der Waals surface area contributed by atoms with Crippen molar-refractivity contribution in [2.75, 3.05) is 7.11 Å². The molecule has 28 heavy (non-hydrogen) atoms. The van der Waals surface area contributed by atoms with Crippen molar-refractivity contribution < 1.29 is 14.2 Å². The fraction of sp³-hybridized carbons (Fsp3) is 0.200. The normalized spacial score (nSPS) is 14.1. The smallest absolute Gasteiger partial charge is 0.271 e. The van der Waals surface area contributed by atoms with E-state index in [0.29, 0.717) is 15.9 Å². The van der Waals surface area contributed by atoms with Crippen LogP contribution in [0, 0.1) is 5.82 Å².